The van der Waals surface area contributed by atoms with E-state index in [0.29, 0.717) is 0 Å². The van der Waals surface area contributed by atoms with E-state index < -0.39 is 0 Å². The molecule has 1 saturated carbocycles. The lowest BCUT2D eigenvalue weighted by Crippen LogP contribution is -2.38. The summed E-state index contributed by atoms with van der Waals surface area (Å²) in [5, 5.41) is 4.32. The largest absolute Gasteiger partial charge is 0.330 e. The van der Waals surface area contributed by atoms with Crippen LogP contribution in [-0.4, -0.2) is 21.3 Å². The fraction of sp³-hybridized carbons (Fsp3) is 0.857. The molecule has 1 heterocycles. The van der Waals surface area contributed by atoms with Crippen LogP contribution in [-0.2, 0) is 13.0 Å². The van der Waals surface area contributed by atoms with E-state index in [1.165, 1.54) is 25.7 Å². The molecule has 1 aromatic rings. The summed E-state index contributed by atoms with van der Waals surface area (Å²) < 4.78 is 2.05. The first-order valence-corrected chi connectivity index (χ1v) is 7.26. The van der Waals surface area contributed by atoms with E-state index >= 15 is 0 Å². The van der Waals surface area contributed by atoms with Gasteiger partial charge in [-0.05, 0) is 37.1 Å². The number of hydrogen-bond donors (Lipinski definition) is 1. The van der Waals surface area contributed by atoms with Gasteiger partial charge in [0.2, 0.25) is 0 Å². The van der Waals surface area contributed by atoms with Crippen molar-refractivity contribution in [2.24, 2.45) is 17.1 Å². The van der Waals surface area contributed by atoms with Crippen LogP contribution in [0.5, 0.6) is 0 Å². The fourth-order valence-electron chi connectivity index (χ4n) is 3.35. The lowest BCUT2D eigenvalue weighted by Gasteiger charge is -2.39. The SMILES string of the molecule is CCCn1ncnc1CC1(CN)CCCC(C)C1. The molecule has 102 valence electrons. The lowest BCUT2D eigenvalue weighted by molar-refractivity contribution is 0.149. The van der Waals surface area contributed by atoms with E-state index in [1.807, 2.05) is 0 Å². The van der Waals surface area contributed by atoms with Crippen LogP contribution in [0.15, 0.2) is 6.33 Å². The molecule has 2 N–H and O–H groups in total. The molecular formula is C14H26N4. The highest BCUT2D eigenvalue weighted by Crippen LogP contribution is 2.40. The Bertz CT molecular complexity index is 374. The second-order valence-electron chi connectivity index (χ2n) is 5.98. The average molecular weight is 250 g/mol. The minimum Gasteiger partial charge on any atom is -0.330 e. The topological polar surface area (TPSA) is 56.7 Å². The van der Waals surface area contributed by atoms with Crippen molar-refractivity contribution in [1.82, 2.24) is 14.8 Å². The summed E-state index contributed by atoms with van der Waals surface area (Å²) in [6.07, 6.45) is 8.91. The highest BCUT2D eigenvalue weighted by Gasteiger charge is 2.35. The van der Waals surface area contributed by atoms with Crippen LogP contribution in [0.25, 0.3) is 0 Å². The Kier molecular flexibility index (Phi) is 4.38. The monoisotopic (exact) mass is 250 g/mol. The highest BCUT2D eigenvalue weighted by molar-refractivity contribution is 4.97. The van der Waals surface area contributed by atoms with E-state index in [0.717, 1.165) is 37.7 Å². The van der Waals surface area contributed by atoms with Crippen molar-refractivity contribution in [3.8, 4) is 0 Å². The summed E-state index contributed by atoms with van der Waals surface area (Å²) in [4.78, 5) is 4.44. The predicted octanol–water partition coefficient (Wildman–Crippen LogP) is 2.39. The maximum Gasteiger partial charge on any atom is 0.138 e. The molecule has 2 rings (SSSR count). The van der Waals surface area contributed by atoms with E-state index in [1.54, 1.807) is 6.33 Å². The zero-order valence-corrected chi connectivity index (χ0v) is 11.7. The Hall–Kier alpha value is -0.900. The van der Waals surface area contributed by atoms with Gasteiger partial charge in [0.1, 0.15) is 12.2 Å². The van der Waals surface area contributed by atoms with Crippen molar-refractivity contribution in [2.45, 2.75) is 58.9 Å². The second kappa shape index (κ2) is 5.83. The Labute approximate surface area is 110 Å². The third-order valence-electron chi connectivity index (χ3n) is 4.28. The van der Waals surface area contributed by atoms with Crippen LogP contribution >= 0.6 is 0 Å². The van der Waals surface area contributed by atoms with Crippen LogP contribution in [0.2, 0.25) is 0 Å². The Morgan fingerprint density at radius 2 is 2.39 bits per heavy atom. The Morgan fingerprint density at radius 3 is 3.06 bits per heavy atom. The van der Waals surface area contributed by atoms with Gasteiger partial charge in [-0.25, -0.2) is 4.98 Å². The van der Waals surface area contributed by atoms with Crippen LogP contribution in [0.3, 0.4) is 0 Å². The van der Waals surface area contributed by atoms with Crippen molar-refractivity contribution in [3.05, 3.63) is 12.2 Å². The van der Waals surface area contributed by atoms with Gasteiger partial charge >= 0.3 is 0 Å². The quantitative estimate of drug-likeness (QED) is 0.873. The van der Waals surface area contributed by atoms with Crippen molar-refractivity contribution < 1.29 is 0 Å². The molecular weight excluding hydrogens is 224 g/mol. The third kappa shape index (κ3) is 2.91. The molecule has 4 nitrogen and oxygen atoms in total. The molecule has 0 saturated heterocycles. The summed E-state index contributed by atoms with van der Waals surface area (Å²) in [5.74, 6) is 1.92. The summed E-state index contributed by atoms with van der Waals surface area (Å²) in [7, 11) is 0. The van der Waals surface area contributed by atoms with Gasteiger partial charge in [0, 0.05) is 13.0 Å². The molecule has 1 aliphatic rings. The van der Waals surface area contributed by atoms with Gasteiger partial charge in [0.25, 0.3) is 0 Å². The van der Waals surface area contributed by atoms with Gasteiger partial charge in [-0.2, -0.15) is 5.10 Å². The van der Waals surface area contributed by atoms with Crippen molar-refractivity contribution in [3.63, 3.8) is 0 Å². The number of aryl methyl sites for hydroxylation is 1. The third-order valence-corrected chi connectivity index (χ3v) is 4.28. The van der Waals surface area contributed by atoms with Crippen LogP contribution in [0.1, 0.15) is 51.8 Å². The minimum atomic E-state index is 0.260. The van der Waals surface area contributed by atoms with Gasteiger partial charge < -0.3 is 5.73 Å². The molecule has 4 heteroatoms. The average Bonchev–Trinajstić information content (AvgIpc) is 2.77. The summed E-state index contributed by atoms with van der Waals surface area (Å²) in [5.41, 5.74) is 6.34. The van der Waals surface area contributed by atoms with Gasteiger partial charge in [-0.15, -0.1) is 0 Å². The standard InChI is InChI=1S/C14H26N4/c1-3-7-18-13(16-11-17-18)9-14(10-15)6-4-5-12(2)8-14/h11-12H,3-10,15H2,1-2H3. The second-order valence-corrected chi connectivity index (χ2v) is 5.98. The summed E-state index contributed by atoms with van der Waals surface area (Å²) >= 11 is 0. The molecule has 2 unspecified atom stereocenters. The Morgan fingerprint density at radius 1 is 1.56 bits per heavy atom. The maximum atomic E-state index is 6.08. The van der Waals surface area contributed by atoms with E-state index in [4.69, 9.17) is 5.73 Å². The van der Waals surface area contributed by atoms with Crippen molar-refractivity contribution in [1.29, 1.82) is 0 Å². The number of nitrogens with two attached hydrogens (primary N) is 1. The number of aromatic nitrogens is 3. The predicted molar refractivity (Wildman–Crippen MR) is 73.1 cm³/mol. The number of hydrogen-bond acceptors (Lipinski definition) is 3. The zero-order valence-electron chi connectivity index (χ0n) is 11.7. The maximum absolute atomic E-state index is 6.08. The van der Waals surface area contributed by atoms with Crippen LogP contribution < -0.4 is 5.73 Å². The number of rotatable bonds is 5. The van der Waals surface area contributed by atoms with Gasteiger partial charge in [0.15, 0.2) is 0 Å². The van der Waals surface area contributed by atoms with E-state index in [-0.39, 0.29) is 5.41 Å². The van der Waals surface area contributed by atoms with Gasteiger partial charge in [-0.1, -0.05) is 26.7 Å². The smallest absolute Gasteiger partial charge is 0.138 e. The van der Waals surface area contributed by atoms with Gasteiger partial charge in [0.05, 0.1) is 0 Å². The fourth-order valence-corrected chi connectivity index (χ4v) is 3.35. The molecule has 18 heavy (non-hydrogen) atoms. The summed E-state index contributed by atoms with van der Waals surface area (Å²) in [6, 6.07) is 0. The first-order valence-electron chi connectivity index (χ1n) is 7.26. The molecule has 0 bridgehead atoms. The minimum absolute atomic E-state index is 0.260. The van der Waals surface area contributed by atoms with Crippen LogP contribution in [0, 0.1) is 11.3 Å². The molecule has 1 aliphatic carbocycles. The first kappa shape index (κ1) is 13.5. The van der Waals surface area contributed by atoms with E-state index in [2.05, 4.69) is 28.6 Å². The normalized spacial score (nSPS) is 28.5. The highest BCUT2D eigenvalue weighted by atomic mass is 15.3. The molecule has 2 atom stereocenters. The Balaban J connectivity index is 2.11. The molecule has 0 aliphatic heterocycles. The first-order chi connectivity index (χ1) is 8.69. The van der Waals surface area contributed by atoms with E-state index in [9.17, 15) is 0 Å². The van der Waals surface area contributed by atoms with Crippen LogP contribution in [0.4, 0.5) is 0 Å². The molecule has 0 spiro atoms. The molecule has 0 amide bonds. The number of nitrogens with zero attached hydrogens (tertiary/aromatic N) is 3. The van der Waals surface area contributed by atoms with Crippen molar-refractivity contribution >= 4 is 0 Å². The summed E-state index contributed by atoms with van der Waals surface area (Å²) in [6.45, 7) is 6.26. The van der Waals surface area contributed by atoms with Gasteiger partial charge in [-0.3, -0.25) is 4.68 Å². The molecule has 0 radical (unpaired) electrons. The zero-order chi connectivity index (χ0) is 13.0. The molecule has 1 fully saturated rings. The van der Waals surface area contributed by atoms with Crippen molar-refractivity contribution in [2.75, 3.05) is 6.54 Å². The molecule has 1 aromatic heterocycles. The molecule has 0 aromatic carbocycles. The lowest BCUT2D eigenvalue weighted by atomic mass is 9.68.